The molecule has 4 nitrogen and oxygen atoms in total. The molecule has 268 valence electrons. The average Bonchev–Trinajstić information content (AvgIpc) is 3.04. The van der Waals surface area contributed by atoms with E-state index in [1.54, 1.807) is 0 Å². The zero-order valence-electron chi connectivity index (χ0n) is 31.3. The summed E-state index contributed by atoms with van der Waals surface area (Å²) in [6.45, 7) is 7.18. The first-order valence-corrected chi connectivity index (χ1v) is 19.8. The quantitative estimate of drug-likeness (QED) is 0.0391. The SMILES string of the molecule is CCCCC/C=C/C/C=C/CCCCCCCCN(CCCCCCCC/C=C/C/C=C/CCCCC)OC(=O)CCCN(C)C. The fourth-order valence-corrected chi connectivity index (χ4v) is 5.49. The standard InChI is InChI=1S/C42H78N2O2/c1-5-7-9-11-13-15-17-19-21-23-25-27-29-31-33-35-40-44(46-42(45)38-37-39-43(3)4)41-36-34-32-30-28-26-24-22-20-18-16-14-12-10-8-6-2/h13-16,19-22H,5-12,17-18,23-41H2,1-4H3/b15-13+,16-14+,21-19+,22-20+. The van der Waals surface area contributed by atoms with E-state index in [-0.39, 0.29) is 5.97 Å². The summed E-state index contributed by atoms with van der Waals surface area (Å²) in [4.78, 5) is 20.4. The largest absolute Gasteiger partial charge is 0.368 e. The molecule has 46 heavy (non-hydrogen) atoms. The molecule has 0 bridgehead atoms. The molecule has 0 aromatic carbocycles. The maximum atomic E-state index is 12.5. The van der Waals surface area contributed by atoms with Gasteiger partial charge in [-0.1, -0.05) is 140 Å². The van der Waals surface area contributed by atoms with E-state index in [2.05, 4.69) is 81.5 Å². The number of hydrogen-bond acceptors (Lipinski definition) is 4. The number of unbranched alkanes of at least 4 members (excludes halogenated alkanes) is 18. The summed E-state index contributed by atoms with van der Waals surface area (Å²) >= 11 is 0. The minimum Gasteiger partial charge on any atom is -0.368 e. The number of rotatable bonds is 35. The van der Waals surface area contributed by atoms with Gasteiger partial charge in [-0.05, 0) is 104 Å². The third kappa shape index (κ3) is 36.8. The molecule has 0 rings (SSSR count). The molecule has 4 heteroatoms. The Labute approximate surface area is 288 Å². The highest BCUT2D eigenvalue weighted by Crippen LogP contribution is 2.12. The number of hydrogen-bond donors (Lipinski definition) is 0. The molecule has 0 N–H and O–H groups in total. The van der Waals surface area contributed by atoms with E-state index in [4.69, 9.17) is 4.84 Å². The molecule has 0 heterocycles. The third-order valence-corrected chi connectivity index (χ3v) is 8.43. The van der Waals surface area contributed by atoms with Crippen molar-refractivity contribution in [2.75, 3.05) is 33.7 Å². The molecule has 0 aromatic heterocycles. The lowest BCUT2D eigenvalue weighted by molar-refractivity contribution is -0.191. The van der Waals surface area contributed by atoms with Crippen LogP contribution in [-0.4, -0.2) is 49.7 Å². The zero-order chi connectivity index (χ0) is 33.6. The lowest BCUT2D eigenvalue weighted by Gasteiger charge is -2.21. The molecule has 0 unspecified atom stereocenters. The molecule has 0 radical (unpaired) electrons. The van der Waals surface area contributed by atoms with Gasteiger partial charge in [0.05, 0.1) is 0 Å². The Balaban J connectivity index is 4.01. The minimum absolute atomic E-state index is 0.0677. The van der Waals surface area contributed by atoms with E-state index < -0.39 is 0 Å². The predicted octanol–water partition coefficient (Wildman–Crippen LogP) is 12.7. The van der Waals surface area contributed by atoms with E-state index in [1.807, 2.05) is 5.06 Å². The average molecular weight is 643 g/mol. The minimum atomic E-state index is -0.0677. The van der Waals surface area contributed by atoms with Gasteiger partial charge in [-0.15, -0.1) is 5.06 Å². The first-order chi connectivity index (χ1) is 22.6. The molecule has 0 atom stereocenters. The summed E-state index contributed by atoms with van der Waals surface area (Å²) in [5, 5.41) is 1.98. The van der Waals surface area contributed by atoms with Crippen molar-refractivity contribution < 1.29 is 9.63 Å². The summed E-state index contributed by atoms with van der Waals surface area (Å²) in [7, 11) is 4.10. The van der Waals surface area contributed by atoms with Crippen LogP contribution in [0.1, 0.15) is 181 Å². The molecule has 0 aliphatic heterocycles. The number of carbonyl (C=O) groups excluding carboxylic acids is 1. The van der Waals surface area contributed by atoms with Crippen LogP contribution in [0.25, 0.3) is 0 Å². The molecule has 0 amide bonds. The molecule has 0 aliphatic carbocycles. The number of hydroxylamine groups is 2. The van der Waals surface area contributed by atoms with Crippen LogP contribution in [0.3, 0.4) is 0 Å². The third-order valence-electron chi connectivity index (χ3n) is 8.43. The Morgan fingerprint density at radius 1 is 0.457 bits per heavy atom. The van der Waals surface area contributed by atoms with Gasteiger partial charge in [-0.25, -0.2) is 0 Å². The van der Waals surface area contributed by atoms with E-state index in [0.29, 0.717) is 6.42 Å². The Morgan fingerprint density at radius 2 is 0.826 bits per heavy atom. The first-order valence-electron chi connectivity index (χ1n) is 19.8. The summed E-state index contributed by atoms with van der Waals surface area (Å²) in [6.07, 6.45) is 50.0. The van der Waals surface area contributed by atoms with E-state index in [1.165, 1.54) is 128 Å². The Hall–Kier alpha value is -1.65. The van der Waals surface area contributed by atoms with Gasteiger partial charge in [0.15, 0.2) is 0 Å². The van der Waals surface area contributed by atoms with Crippen LogP contribution in [0.4, 0.5) is 0 Å². The van der Waals surface area contributed by atoms with Gasteiger partial charge in [0.1, 0.15) is 0 Å². The van der Waals surface area contributed by atoms with Crippen molar-refractivity contribution in [2.24, 2.45) is 0 Å². The Kier molecular flexibility index (Phi) is 36.4. The van der Waals surface area contributed by atoms with Crippen LogP contribution in [0.5, 0.6) is 0 Å². The predicted molar refractivity (Wildman–Crippen MR) is 204 cm³/mol. The summed E-state index contributed by atoms with van der Waals surface area (Å²) in [5.41, 5.74) is 0. The molecule has 0 aliphatic rings. The summed E-state index contributed by atoms with van der Waals surface area (Å²) < 4.78 is 0. The van der Waals surface area contributed by atoms with Crippen LogP contribution < -0.4 is 0 Å². The van der Waals surface area contributed by atoms with Crippen LogP contribution in [0, 0.1) is 0 Å². The molecule has 0 saturated carbocycles. The second-order valence-corrected chi connectivity index (χ2v) is 13.5. The van der Waals surface area contributed by atoms with Gasteiger partial charge in [0, 0.05) is 19.5 Å². The molecular weight excluding hydrogens is 564 g/mol. The van der Waals surface area contributed by atoms with Crippen molar-refractivity contribution in [1.29, 1.82) is 0 Å². The van der Waals surface area contributed by atoms with Crippen molar-refractivity contribution in [3.05, 3.63) is 48.6 Å². The van der Waals surface area contributed by atoms with Gasteiger partial charge in [-0.2, -0.15) is 0 Å². The molecular formula is C42H78N2O2. The Bertz CT molecular complexity index is 692. The van der Waals surface area contributed by atoms with Gasteiger partial charge in [0.2, 0.25) is 0 Å². The lowest BCUT2D eigenvalue weighted by atomic mass is 10.1. The maximum Gasteiger partial charge on any atom is 0.325 e. The number of allylic oxidation sites excluding steroid dienone is 8. The van der Waals surface area contributed by atoms with Gasteiger partial charge < -0.3 is 9.74 Å². The summed E-state index contributed by atoms with van der Waals surface area (Å²) in [6, 6.07) is 0. The molecule has 0 spiro atoms. The molecule has 0 aromatic rings. The van der Waals surface area contributed by atoms with Crippen molar-refractivity contribution in [3.8, 4) is 0 Å². The van der Waals surface area contributed by atoms with E-state index >= 15 is 0 Å². The van der Waals surface area contributed by atoms with Gasteiger partial charge >= 0.3 is 5.97 Å². The highest BCUT2D eigenvalue weighted by atomic mass is 16.7. The number of nitrogens with zero attached hydrogens (tertiary/aromatic N) is 2. The highest BCUT2D eigenvalue weighted by Gasteiger charge is 2.12. The van der Waals surface area contributed by atoms with E-state index in [0.717, 1.165) is 51.7 Å². The fraction of sp³-hybridized carbons (Fsp3) is 0.786. The first kappa shape index (κ1) is 44.4. The van der Waals surface area contributed by atoms with Crippen LogP contribution >= 0.6 is 0 Å². The summed E-state index contributed by atoms with van der Waals surface area (Å²) in [5.74, 6) is -0.0677. The molecule has 0 fully saturated rings. The Morgan fingerprint density at radius 3 is 1.22 bits per heavy atom. The fourth-order valence-electron chi connectivity index (χ4n) is 5.49. The lowest BCUT2D eigenvalue weighted by Crippen LogP contribution is -2.30. The van der Waals surface area contributed by atoms with Crippen LogP contribution in [0.2, 0.25) is 0 Å². The smallest absolute Gasteiger partial charge is 0.325 e. The number of carbonyl (C=O) groups is 1. The normalized spacial score (nSPS) is 12.4. The maximum absolute atomic E-state index is 12.5. The topological polar surface area (TPSA) is 32.8 Å². The second-order valence-electron chi connectivity index (χ2n) is 13.5. The van der Waals surface area contributed by atoms with E-state index in [9.17, 15) is 4.79 Å². The van der Waals surface area contributed by atoms with Crippen LogP contribution in [0.15, 0.2) is 48.6 Å². The monoisotopic (exact) mass is 643 g/mol. The van der Waals surface area contributed by atoms with Crippen molar-refractivity contribution in [2.45, 2.75) is 181 Å². The van der Waals surface area contributed by atoms with Gasteiger partial charge in [0.25, 0.3) is 0 Å². The van der Waals surface area contributed by atoms with Crippen LogP contribution in [-0.2, 0) is 9.63 Å². The highest BCUT2D eigenvalue weighted by molar-refractivity contribution is 5.68. The molecule has 0 saturated heterocycles. The van der Waals surface area contributed by atoms with Crippen molar-refractivity contribution in [1.82, 2.24) is 9.96 Å². The van der Waals surface area contributed by atoms with Gasteiger partial charge in [-0.3, -0.25) is 4.79 Å². The van der Waals surface area contributed by atoms with Crippen molar-refractivity contribution in [3.63, 3.8) is 0 Å². The van der Waals surface area contributed by atoms with Crippen molar-refractivity contribution >= 4 is 5.97 Å². The zero-order valence-corrected chi connectivity index (χ0v) is 31.3. The second kappa shape index (κ2) is 37.8.